The average molecular weight is 419 g/mol. The molecule has 28 heavy (non-hydrogen) atoms. The molecule has 2 N–H and O–H groups in total. The Hall–Kier alpha value is -2.40. The van der Waals surface area contributed by atoms with Crippen LogP contribution in [0, 0.1) is 13.8 Å². The molecule has 0 fully saturated rings. The van der Waals surface area contributed by atoms with Gasteiger partial charge in [0.1, 0.15) is 10.6 Å². The van der Waals surface area contributed by atoms with Gasteiger partial charge < -0.3 is 9.84 Å². The van der Waals surface area contributed by atoms with E-state index in [1.54, 1.807) is 0 Å². The highest BCUT2D eigenvalue weighted by atomic mass is 32.2. The van der Waals surface area contributed by atoms with Crippen molar-refractivity contribution < 1.29 is 30.9 Å². The van der Waals surface area contributed by atoms with E-state index in [9.17, 15) is 26.4 Å². The summed E-state index contributed by atoms with van der Waals surface area (Å²) >= 11 is 0. The van der Waals surface area contributed by atoms with Crippen molar-refractivity contribution in [3.63, 3.8) is 0 Å². The minimum atomic E-state index is -4.50. The molecule has 7 nitrogen and oxygen atoms in total. The van der Waals surface area contributed by atoms with Gasteiger partial charge in [0.2, 0.25) is 15.9 Å². The Kier molecular flexibility index (Phi) is 6.19. The normalized spacial score (nSPS) is 14.5. The molecule has 0 radical (unpaired) electrons. The van der Waals surface area contributed by atoms with Gasteiger partial charge in [-0.25, -0.2) is 8.42 Å². The predicted molar refractivity (Wildman–Crippen MR) is 93.8 cm³/mol. The summed E-state index contributed by atoms with van der Waals surface area (Å²) in [6, 6.07) is 2.61. The number of nitrogens with zero attached hydrogens (tertiary/aromatic N) is 1. The van der Waals surface area contributed by atoms with E-state index in [1.807, 2.05) is 0 Å². The summed E-state index contributed by atoms with van der Waals surface area (Å²) in [6.07, 6.45) is -4.50. The molecule has 0 aliphatic carbocycles. The Morgan fingerprint density at radius 2 is 1.86 bits per heavy atom. The number of sulfonamides is 1. The lowest BCUT2D eigenvalue weighted by Crippen LogP contribution is -2.45. The van der Waals surface area contributed by atoms with Crippen molar-refractivity contribution in [2.24, 2.45) is 0 Å². The third kappa shape index (κ3) is 4.90. The first-order valence-corrected chi connectivity index (χ1v) is 9.74. The summed E-state index contributed by atoms with van der Waals surface area (Å²) in [7, 11) is -4.06. The van der Waals surface area contributed by atoms with Crippen LogP contribution >= 0.6 is 0 Å². The number of carbonyl (C=O) groups is 1. The quantitative estimate of drug-likeness (QED) is 0.750. The highest BCUT2D eigenvalue weighted by molar-refractivity contribution is 7.89. The fourth-order valence-corrected chi connectivity index (χ4v) is 4.14. The van der Waals surface area contributed by atoms with Crippen LogP contribution in [0.1, 0.15) is 42.5 Å². The molecule has 2 atom stereocenters. The molecule has 154 valence electrons. The Balaban J connectivity index is 2.10. The molecular weight excluding hydrogens is 399 g/mol. The van der Waals surface area contributed by atoms with Gasteiger partial charge in [-0.2, -0.15) is 17.9 Å². The molecule has 1 aromatic carbocycles. The van der Waals surface area contributed by atoms with Crippen molar-refractivity contribution in [2.75, 3.05) is 0 Å². The van der Waals surface area contributed by atoms with Gasteiger partial charge in [-0.05, 0) is 45.4 Å². The van der Waals surface area contributed by atoms with Crippen molar-refractivity contribution >= 4 is 15.9 Å². The molecule has 0 spiro atoms. The minimum absolute atomic E-state index is 0.0786. The number of rotatable bonds is 6. The lowest BCUT2D eigenvalue weighted by Gasteiger charge is -2.19. The zero-order valence-corrected chi connectivity index (χ0v) is 16.4. The molecule has 1 amide bonds. The van der Waals surface area contributed by atoms with Crippen molar-refractivity contribution in [2.45, 2.75) is 50.9 Å². The zero-order chi connectivity index (χ0) is 21.3. The van der Waals surface area contributed by atoms with E-state index >= 15 is 0 Å². The van der Waals surface area contributed by atoms with E-state index in [-0.39, 0.29) is 21.9 Å². The number of alkyl halides is 3. The zero-order valence-electron chi connectivity index (χ0n) is 15.6. The fourth-order valence-electron chi connectivity index (χ4n) is 2.61. The third-order valence-electron chi connectivity index (χ3n) is 4.03. The first-order chi connectivity index (χ1) is 12.8. The van der Waals surface area contributed by atoms with Crippen LogP contribution in [-0.2, 0) is 21.0 Å². The number of amides is 1. The first kappa shape index (κ1) is 21.9. The molecule has 0 saturated carbocycles. The van der Waals surface area contributed by atoms with Crippen molar-refractivity contribution in [3.8, 4) is 0 Å². The maximum absolute atomic E-state index is 12.8. The SMILES string of the molecule is Cc1noc(C)c1S(=O)(=O)N[C@@H](C)C(=O)N[C@@H](C)c1cccc(C(F)(F)F)c1. The van der Waals surface area contributed by atoms with E-state index in [1.165, 1.54) is 39.8 Å². The fraction of sp³-hybridized carbons (Fsp3) is 0.412. The smallest absolute Gasteiger partial charge is 0.360 e. The summed E-state index contributed by atoms with van der Waals surface area (Å²) in [5.41, 5.74) is -0.447. The van der Waals surface area contributed by atoms with Crippen LogP contribution in [0.15, 0.2) is 33.7 Å². The maximum Gasteiger partial charge on any atom is 0.416 e. The van der Waals surface area contributed by atoms with Crippen LogP contribution < -0.4 is 10.0 Å². The number of halogens is 3. The molecule has 0 aliphatic heterocycles. The predicted octanol–water partition coefficient (Wildman–Crippen LogP) is 2.85. The van der Waals surface area contributed by atoms with E-state index in [2.05, 4.69) is 15.2 Å². The van der Waals surface area contributed by atoms with Gasteiger partial charge in [0.15, 0.2) is 5.76 Å². The standard InChI is InChI=1S/C17H20F3N3O4S/c1-9(13-6-5-7-14(8-13)17(18,19)20)21-16(24)11(3)23-28(25,26)15-10(2)22-27-12(15)4/h5-9,11,23H,1-4H3,(H,21,24)/t9-,11-/m0/s1. The summed E-state index contributed by atoms with van der Waals surface area (Å²) in [6.45, 7) is 5.70. The van der Waals surface area contributed by atoms with Crippen LogP contribution in [-0.4, -0.2) is 25.5 Å². The molecule has 0 unspecified atom stereocenters. The van der Waals surface area contributed by atoms with Crippen LogP contribution in [0.3, 0.4) is 0 Å². The molecule has 2 aromatic rings. The highest BCUT2D eigenvalue weighted by Gasteiger charge is 2.31. The lowest BCUT2D eigenvalue weighted by atomic mass is 10.0. The second-order valence-corrected chi connectivity index (χ2v) is 8.00. The summed E-state index contributed by atoms with van der Waals surface area (Å²) in [4.78, 5) is 12.2. The number of aryl methyl sites for hydroxylation is 2. The second kappa shape index (κ2) is 7.92. The monoisotopic (exact) mass is 419 g/mol. The second-order valence-electron chi connectivity index (χ2n) is 6.35. The van der Waals surface area contributed by atoms with Crippen LogP contribution in [0.5, 0.6) is 0 Å². The molecule has 0 saturated heterocycles. The molecular formula is C17H20F3N3O4S. The topological polar surface area (TPSA) is 101 Å². The minimum Gasteiger partial charge on any atom is -0.360 e. The molecule has 1 heterocycles. The van der Waals surface area contributed by atoms with Crippen molar-refractivity contribution in [3.05, 3.63) is 46.8 Å². The largest absolute Gasteiger partial charge is 0.416 e. The molecule has 1 aromatic heterocycles. The Morgan fingerprint density at radius 1 is 1.21 bits per heavy atom. The van der Waals surface area contributed by atoms with E-state index in [4.69, 9.17) is 4.52 Å². The van der Waals surface area contributed by atoms with Crippen LogP contribution in [0.4, 0.5) is 13.2 Å². The maximum atomic E-state index is 12.8. The van der Waals surface area contributed by atoms with Crippen molar-refractivity contribution in [1.82, 2.24) is 15.2 Å². The van der Waals surface area contributed by atoms with Gasteiger partial charge in [0.25, 0.3) is 0 Å². The van der Waals surface area contributed by atoms with E-state index in [0.29, 0.717) is 0 Å². The van der Waals surface area contributed by atoms with Gasteiger partial charge in [-0.1, -0.05) is 17.3 Å². The Morgan fingerprint density at radius 3 is 2.39 bits per heavy atom. The van der Waals surface area contributed by atoms with Crippen molar-refractivity contribution in [1.29, 1.82) is 0 Å². The average Bonchev–Trinajstić information content (AvgIpc) is 2.93. The van der Waals surface area contributed by atoms with Gasteiger partial charge in [0, 0.05) is 0 Å². The third-order valence-corrected chi connectivity index (χ3v) is 5.82. The number of carbonyl (C=O) groups excluding carboxylic acids is 1. The lowest BCUT2D eigenvalue weighted by molar-refractivity contribution is -0.137. The Labute approximate surface area is 160 Å². The number of hydrogen-bond acceptors (Lipinski definition) is 5. The number of nitrogens with one attached hydrogen (secondary N) is 2. The van der Waals surface area contributed by atoms with Gasteiger partial charge in [-0.3, -0.25) is 4.79 Å². The molecule has 11 heteroatoms. The number of aromatic nitrogens is 1. The van der Waals surface area contributed by atoms with Crippen LogP contribution in [0.2, 0.25) is 0 Å². The highest BCUT2D eigenvalue weighted by Crippen LogP contribution is 2.30. The molecule has 2 rings (SSSR count). The number of benzene rings is 1. The van der Waals surface area contributed by atoms with Gasteiger partial charge in [0.05, 0.1) is 17.6 Å². The first-order valence-electron chi connectivity index (χ1n) is 8.25. The Bertz CT molecular complexity index is 951. The van der Waals surface area contributed by atoms with E-state index < -0.39 is 39.8 Å². The summed E-state index contributed by atoms with van der Waals surface area (Å²) in [5, 5.41) is 6.06. The van der Waals surface area contributed by atoms with E-state index in [0.717, 1.165) is 12.1 Å². The van der Waals surface area contributed by atoms with Crippen LogP contribution in [0.25, 0.3) is 0 Å². The molecule has 0 aliphatic rings. The van der Waals surface area contributed by atoms with Gasteiger partial charge >= 0.3 is 6.18 Å². The summed E-state index contributed by atoms with van der Waals surface area (Å²) in [5.74, 6) is -0.616. The molecule has 0 bridgehead atoms. The van der Waals surface area contributed by atoms with Gasteiger partial charge in [-0.15, -0.1) is 0 Å². The summed E-state index contributed by atoms with van der Waals surface area (Å²) < 4.78 is 70.4. The number of hydrogen-bond donors (Lipinski definition) is 2.